The molecule has 0 unspecified atom stereocenters. The molecule has 1 aliphatic heterocycles. The fourth-order valence-corrected chi connectivity index (χ4v) is 0.776. The lowest BCUT2D eigenvalue weighted by molar-refractivity contribution is -0.137. The summed E-state index contributed by atoms with van der Waals surface area (Å²) in [5.41, 5.74) is -0.288. The number of esters is 2. The molecule has 1 heterocycles. The molecule has 0 fully saturated rings. The van der Waals surface area contributed by atoms with Gasteiger partial charge < -0.3 is 9.47 Å². The molecular formula is C7H7N3O4+. The van der Waals surface area contributed by atoms with E-state index in [0.29, 0.717) is 0 Å². The van der Waals surface area contributed by atoms with Crippen LogP contribution in [0.25, 0.3) is 0 Å². The molecule has 1 rings (SSSR count). The zero-order valence-electron chi connectivity index (χ0n) is 7.55. The van der Waals surface area contributed by atoms with Crippen LogP contribution in [0.4, 0.5) is 0 Å². The Morgan fingerprint density at radius 1 is 1.29 bits per heavy atom. The molecule has 0 spiro atoms. The van der Waals surface area contributed by atoms with Crippen LogP contribution in [0.2, 0.25) is 0 Å². The van der Waals surface area contributed by atoms with Crippen LogP contribution < -0.4 is 5.11 Å². The largest absolute Gasteiger partial charge is 0.465 e. The third-order valence-corrected chi connectivity index (χ3v) is 1.42. The average molecular weight is 197 g/mol. The van der Waals surface area contributed by atoms with Gasteiger partial charge in [-0.25, -0.2) is 9.59 Å². The highest BCUT2D eigenvalue weighted by molar-refractivity contribution is 6.49. The number of nitrogens with zero attached hydrogens (tertiary/aromatic N) is 3. The van der Waals surface area contributed by atoms with Gasteiger partial charge in [0, 0.05) is 0 Å². The van der Waals surface area contributed by atoms with Gasteiger partial charge in [-0.05, 0) is 0 Å². The van der Waals surface area contributed by atoms with Crippen molar-refractivity contribution in [3.05, 3.63) is 11.8 Å². The minimum Gasteiger partial charge on any atom is -0.465 e. The van der Waals surface area contributed by atoms with Gasteiger partial charge in [0.1, 0.15) is 0 Å². The van der Waals surface area contributed by atoms with E-state index in [2.05, 4.69) is 24.9 Å². The predicted octanol–water partition coefficient (Wildman–Crippen LogP) is -0.626. The molecule has 0 saturated carbocycles. The molecule has 7 nitrogen and oxygen atoms in total. The Morgan fingerprint density at radius 2 is 1.93 bits per heavy atom. The summed E-state index contributed by atoms with van der Waals surface area (Å²) in [7, 11) is 2.36. The van der Waals surface area contributed by atoms with Gasteiger partial charge in [-0.15, -0.1) is 0 Å². The highest BCUT2D eigenvalue weighted by atomic mass is 16.5. The van der Waals surface area contributed by atoms with Crippen molar-refractivity contribution in [2.45, 2.75) is 0 Å². The van der Waals surface area contributed by atoms with Crippen LogP contribution in [0, 0.1) is 0 Å². The maximum absolute atomic E-state index is 11.1. The normalized spacial score (nSPS) is 14.1. The predicted molar refractivity (Wildman–Crippen MR) is 44.1 cm³/mol. The molecule has 14 heavy (non-hydrogen) atoms. The maximum Gasteiger partial charge on any atom is 0.386 e. The van der Waals surface area contributed by atoms with Gasteiger partial charge in [0.15, 0.2) is 17.0 Å². The molecule has 0 amide bonds. The van der Waals surface area contributed by atoms with Crippen LogP contribution in [0.5, 0.6) is 0 Å². The van der Waals surface area contributed by atoms with E-state index in [1.165, 1.54) is 14.2 Å². The fourth-order valence-electron chi connectivity index (χ4n) is 0.776. The Balaban J connectivity index is 3.00. The van der Waals surface area contributed by atoms with Gasteiger partial charge in [-0.2, -0.15) is 0 Å². The third kappa shape index (κ3) is 1.82. The van der Waals surface area contributed by atoms with E-state index in [9.17, 15) is 9.59 Å². The molecular weight excluding hydrogens is 190 g/mol. The maximum atomic E-state index is 11.1. The van der Waals surface area contributed by atoms with E-state index in [-0.39, 0.29) is 11.3 Å². The van der Waals surface area contributed by atoms with Gasteiger partial charge in [0.2, 0.25) is 0 Å². The van der Waals surface area contributed by atoms with Gasteiger partial charge in [-0.3, -0.25) is 0 Å². The van der Waals surface area contributed by atoms with Crippen molar-refractivity contribution in [3.8, 4) is 0 Å². The lowest BCUT2D eigenvalue weighted by Gasteiger charge is -2.00. The monoisotopic (exact) mass is 197 g/mol. The number of hydrogen-bond donors (Lipinski definition) is 0. The summed E-state index contributed by atoms with van der Waals surface area (Å²) in [6.45, 7) is 0. The van der Waals surface area contributed by atoms with Crippen molar-refractivity contribution >= 4 is 17.7 Å². The van der Waals surface area contributed by atoms with Crippen molar-refractivity contribution in [2.75, 3.05) is 14.2 Å². The van der Waals surface area contributed by atoms with Crippen LogP contribution in [0.15, 0.2) is 22.1 Å². The van der Waals surface area contributed by atoms with E-state index >= 15 is 0 Å². The summed E-state index contributed by atoms with van der Waals surface area (Å²) >= 11 is 0. The smallest absolute Gasteiger partial charge is 0.386 e. The van der Waals surface area contributed by atoms with Crippen LogP contribution in [-0.2, 0) is 19.1 Å². The summed E-state index contributed by atoms with van der Waals surface area (Å²) in [6, 6.07) is 0. The third-order valence-electron chi connectivity index (χ3n) is 1.42. The minimum atomic E-state index is -0.764. The standard InChI is InChI=1S/C7H7N3O4/c1-13-6(11)4-3-8-10-9-5(4)7(12)14-2/h3H,1-2H3/q+1. The molecule has 0 bridgehead atoms. The number of carbonyl (C=O) groups is 2. The first-order valence-electron chi connectivity index (χ1n) is 3.55. The summed E-state index contributed by atoms with van der Waals surface area (Å²) in [6.07, 6.45) is 1.09. The molecule has 7 heteroatoms. The minimum absolute atomic E-state index is 0.0747. The van der Waals surface area contributed by atoms with Gasteiger partial charge in [-0.1, -0.05) is 0 Å². The molecule has 0 aromatic heterocycles. The molecule has 0 atom stereocenters. The summed E-state index contributed by atoms with van der Waals surface area (Å²) in [5, 5.41) is 9.97. The molecule has 73 valence electrons. The van der Waals surface area contributed by atoms with Gasteiger partial charge >= 0.3 is 17.7 Å². The SMILES string of the molecule is COC(=O)C1=C[N+]=NN=C1C(=O)OC. The Hall–Kier alpha value is -2.05. The topological polar surface area (TPSA) is 91.4 Å². The van der Waals surface area contributed by atoms with E-state index in [1.54, 1.807) is 0 Å². The van der Waals surface area contributed by atoms with Crippen LogP contribution in [-0.4, -0.2) is 31.9 Å². The van der Waals surface area contributed by atoms with E-state index in [0.717, 1.165) is 6.20 Å². The number of hydrogen-bond acceptors (Lipinski definition) is 7. The number of methoxy groups -OCH3 is 2. The lowest BCUT2D eigenvalue weighted by Crippen LogP contribution is -2.25. The molecule has 0 N–H and O–H groups in total. The van der Waals surface area contributed by atoms with Crippen molar-refractivity contribution in [3.63, 3.8) is 0 Å². The average Bonchev–Trinajstić information content (AvgIpc) is 2.27. The lowest BCUT2D eigenvalue weighted by atomic mass is 10.1. The first-order valence-corrected chi connectivity index (χ1v) is 3.55. The second-order valence-corrected chi connectivity index (χ2v) is 2.18. The molecule has 0 aliphatic carbocycles. The quantitative estimate of drug-likeness (QED) is 0.551. The number of rotatable bonds is 2. The van der Waals surface area contributed by atoms with Crippen LogP contribution >= 0.6 is 0 Å². The highest BCUT2D eigenvalue weighted by Gasteiger charge is 2.33. The Kier molecular flexibility index (Phi) is 3.05. The number of carbonyl (C=O) groups excluding carboxylic acids is 2. The summed E-state index contributed by atoms with van der Waals surface area (Å²) < 4.78 is 8.81. The Bertz CT molecular complexity index is 322. The summed E-state index contributed by atoms with van der Waals surface area (Å²) in [5.74, 6) is -1.48. The number of ether oxygens (including phenoxy) is 2. The molecule has 0 aromatic carbocycles. The summed E-state index contributed by atoms with van der Waals surface area (Å²) in [4.78, 5) is 22.2. The second kappa shape index (κ2) is 4.26. The zero-order chi connectivity index (χ0) is 10.6. The first kappa shape index (κ1) is 10.0. The molecule has 0 aromatic rings. The van der Waals surface area contributed by atoms with Gasteiger partial charge in [0.05, 0.1) is 24.4 Å². The van der Waals surface area contributed by atoms with Crippen LogP contribution in [0.1, 0.15) is 0 Å². The Labute approximate surface area is 79.1 Å². The molecule has 1 radical (unpaired) electrons. The van der Waals surface area contributed by atoms with Crippen molar-refractivity contribution in [1.29, 1.82) is 0 Å². The fraction of sp³-hybridized carbons (Fsp3) is 0.286. The molecule has 0 saturated heterocycles. The van der Waals surface area contributed by atoms with E-state index < -0.39 is 11.9 Å². The van der Waals surface area contributed by atoms with E-state index in [1.807, 2.05) is 0 Å². The Morgan fingerprint density at radius 3 is 2.50 bits per heavy atom. The van der Waals surface area contributed by atoms with Gasteiger partial charge in [0.25, 0.3) is 0 Å². The zero-order valence-corrected chi connectivity index (χ0v) is 7.55. The van der Waals surface area contributed by atoms with Crippen molar-refractivity contribution in [2.24, 2.45) is 10.3 Å². The molecule has 1 aliphatic rings. The van der Waals surface area contributed by atoms with Crippen molar-refractivity contribution in [1.82, 2.24) is 5.11 Å². The van der Waals surface area contributed by atoms with Crippen molar-refractivity contribution < 1.29 is 19.1 Å². The second-order valence-electron chi connectivity index (χ2n) is 2.18. The first-order chi connectivity index (χ1) is 6.70. The van der Waals surface area contributed by atoms with E-state index in [4.69, 9.17) is 0 Å². The highest BCUT2D eigenvalue weighted by Crippen LogP contribution is 2.05. The van der Waals surface area contributed by atoms with Crippen LogP contribution in [0.3, 0.4) is 0 Å².